The average Bonchev–Trinajstić information content (AvgIpc) is 2.40. The average molecular weight is 232 g/mol. The molecule has 0 radical (unpaired) electrons. The Kier molecular flexibility index (Phi) is 4.58. The minimum absolute atomic E-state index is 0.0157. The van der Waals surface area contributed by atoms with Crippen LogP contribution in [0.4, 0.5) is 0 Å². The molecule has 3 nitrogen and oxygen atoms in total. The van der Waals surface area contributed by atoms with E-state index in [-0.39, 0.29) is 17.7 Å². The molecule has 0 aromatic rings. The number of likely N-dealkylation sites (tertiary alicyclic amines) is 1. The van der Waals surface area contributed by atoms with Crippen molar-refractivity contribution in [1.82, 2.24) is 4.90 Å². The third-order valence-corrected chi connectivity index (χ3v) is 3.14. The first-order valence-corrected chi connectivity index (χ1v) is 6.00. The summed E-state index contributed by atoms with van der Waals surface area (Å²) in [6.07, 6.45) is 2.17. The zero-order valence-electron chi connectivity index (χ0n) is 9.33. The van der Waals surface area contributed by atoms with Gasteiger partial charge in [0, 0.05) is 24.8 Å². The third kappa shape index (κ3) is 3.20. The molecule has 1 rings (SSSR count). The molecule has 86 valence electrons. The van der Waals surface area contributed by atoms with Crippen LogP contribution in [0.5, 0.6) is 0 Å². The Morgan fingerprint density at radius 3 is 2.60 bits per heavy atom. The van der Waals surface area contributed by atoms with E-state index in [4.69, 9.17) is 11.6 Å². The molecule has 4 heteroatoms. The first kappa shape index (κ1) is 12.5. The number of hydrogen-bond acceptors (Lipinski definition) is 2. The summed E-state index contributed by atoms with van der Waals surface area (Å²) < 4.78 is 0. The van der Waals surface area contributed by atoms with E-state index in [0.717, 1.165) is 12.8 Å². The maximum absolute atomic E-state index is 11.6. The van der Waals surface area contributed by atoms with Crippen molar-refractivity contribution in [2.45, 2.75) is 33.1 Å². The molecule has 1 aliphatic rings. The Hall–Kier alpha value is -0.570. The monoisotopic (exact) mass is 231 g/mol. The van der Waals surface area contributed by atoms with Gasteiger partial charge in [-0.05, 0) is 18.8 Å². The van der Waals surface area contributed by atoms with Gasteiger partial charge in [-0.2, -0.15) is 0 Å². The smallest absolute Gasteiger partial charge is 0.232 e. The van der Waals surface area contributed by atoms with Crippen molar-refractivity contribution in [2.24, 2.45) is 11.8 Å². The summed E-state index contributed by atoms with van der Waals surface area (Å²) in [6.45, 7) is 4.46. The van der Waals surface area contributed by atoms with Crippen LogP contribution in [0.3, 0.4) is 0 Å². The van der Waals surface area contributed by atoms with Gasteiger partial charge in [0.2, 0.25) is 11.8 Å². The fourth-order valence-electron chi connectivity index (χ4n) is 1.76. The SMILES string of the molecule is CC(CCCl)CCN1C(=O)CC(C)C1=O. The van der Waals surface area contributed by atoms with E-state index in [2.05, 4.69) is 6.92 Å². The number of halogens is 1. The zero-order chi connectivity index (χ0) is 11.4. The van der Waals surface area contributed by atoms with E-state index < -0.39 is 0 Å². The summed E-state index contributed by atoms with van der Waals surface area (Å²) in [6, 6.07) is 0. The van der Waals surface area contributed by atoms with Crippen LogP contribution in [0.15, 0.2) is 0 Å². The summed E-state index contributed by atoms with van der Waals surface area (Å²) in [5, 5.41) is 0. The third-order valence-electron chi connectivity index (χ3n) is 2.92. The van der Waals surface area contributed by atoms with Crippen molar-refractivity contribution >= 4 is 23.4 Å². The van der Waals surface area contributed by atoms with E-state index in [0.29, 0.717) is 24.8 Å². The quantitative estimate of drug-likeness (QED) is 0.536. The Morgan fingerprint density at radius 1 is 1.47 bits per heavy atom. The van der Waals surface area contributed by atoms with Gasteiger partial charge >= 0.3 is 0 Å². The van der Waals surface area contributed by atoms with Crippen LogP contribution in [0.1, 0.15) is 33.1 Å². The van der Waals surface area contributed by atoms with Gasteiger partial charge in [-0.15, -0.1) is 11.6 Å². The van der Waals surface area contributed by atoms with Crippen molar-refractivity contribution in [3.8, 4) is 0 Å². The van der Waals surface area contributed by atoms with Crippen LogP contribution in [-0.2, 0) is 9.59 Å². The van der Waals surface area contributed by atoms with Gasteiger partial charge in [-0.25, -0.2) is 0 Å². The number of carbonyl (C=O) groups is 2. The van der Waals surface area contributed by atoms with Crippen LogP contribution < -0.4 is 0 Å². The van der Waals surface area contributed by atoms with Crippen molar-refractivity contribution in [3.05, 3.63) is 0 Å². The number of hydrogen-bond donors (Lipinski definition) is 0. The predicted molar refractivity (Wildman–Crippen MR) is 59.6 cm³/mol. The summed E-state index contributed by atoms with van der Waals surface area (Å²) in [5.41, 5.74) is 0. The summed E-state index contributed by atoms with van der Waals surface area (Å²) >= 11 is 5.62. The number of amides is 2. The molecule has 1 aliphatic heterocycles. The highest BCUT2D eigenvalue weighted by Crippen LogP contribution is 2.20. The van der Waals surface area contributed by atoms with Gasteiger partial charge in [0.25, 0.3) is 0 Å². The standard InChI is InChI=1S/C11H18ClNO2/c1-8(3-5-12)4-6-13-10(14)7-9(2)11(13)15/h8-9H,3-7H2,1-2H3. The van der Waals surface area contributed by atoms with E-state index >= 15 is 0 Å². The molecule has 0 spiro atoms. The molecule has 0 saturated carbocycles. The van der Waals surface area contributed by atoms with Gasteiger partial charge in [0.1, 0.15) is 0 Å². The molecule has 1 saturated heterocycles. The second-order valence-corrected chi connectivity index (χ2v) is 4.74. The van der Waals surface area contributed by atoms with Crippen LogP contribution in [0.25, 0.3) is 0 Å². The molecule has 0 bridgehead atoms. The highest BCUT2D eigenvalue weighted by molar-refractivity contribution is 6.17. The van der Waals surface area contributed by atoms with Gasteiger partial charge in [0.05, 0.1) is 0 Å². The lowest BCUT2D eigenvalue weighted by molar-refractivity contribution is -0.139. The molecule has 2 amide bonds. The lowest BCUT2D eigenvalue weighted by Gasteiger charge is -2.16. The van der Waals surface area contributed by atoms with E-state index in [9.17, 15) is 9.59 Å². The molecule has 1 fully saturated rings. The lowest BCUT2D eigenvalue weighted by atomic mass is 10.1. The largest absolute Gasteiger partial charge is 0.282 e. The highest BCUT2D eigenvalue weighted by atomic mass is 35.5. The second kappa shape index (κ2) is 5.50. The maximum Gasteiger partial charge on any atom is 0.232 e. The molecule has 0 aromatic heterocycles. The molecule has 0 N–H and O–H groups in total. The lowest BCUT2D eigenvalue weighted by Crippen LogP contribution is -2.32. The minimum Gasteiger partial charge on any atom is -0.282 e. The van der Waals surface area contributed by atoms with Crippen molar-refractivity contribution in [3.63, 3.8) is 0 Å². The van der Waals surface area contributed by atoms with Gasteiger partial charge in [0.15, 0.2) is 0 Å². The molecule has 2 atom stereocenters. The number of imide groups is 1. The molecule has 15 heavy (non-hydrogen) atoms. The molecule has 1 heterocycles. The number of rotatable bonds is 5. The topological polar surface area (TPSA) is 37.4 Å². The van der Waals surface area contributed by atoms with Crippen LogP contribution in [0.2, 0.25) is 0 Å². The molecular formula is C11H18ClNO2. The van der Waals surface area contributed by atoms with Crippen molar-refractivity contribution < 1.29 is 9.59 Å². The van der Waals surface area contributed by atoms with Gasteiger partial charge in [-0.1, -0.05) is 13.8 Å². The van der Waals surface area contributed by atoms with Crippen LogP contribution >= 0.6 is 11.6 Å². The molecule has 0 aromatic carbocycles. The highest BCUT2D eigenvalue weighted by Gasteiger charge is 2.34. The number of nitrogens with zero attached hydrogens (tertiary/aromatic N) is 1. The summed E-state index contributed by atoms with van der Waals surface area (Å²) in [5.74, 6) is 0.947. The molecule has 2 unspecified atom stereocenters. The predicted octanol–water partition coefficient (Wildman–Crippen LogP) is 2.04. The zero-order valence-corrected chi connectivity index (χ0v) is 10.1. The Labute approximate surface area is 95.8 Å². The van der Waals surface area contributed by atoms with Gasteiger partial charge < -0.3 is 0 Å². The van der Waals surface area contributed by atoms with E-state index in [1.54, 1.807) is 0 Å². The number of alkyl halides is 1. The van der Waals surface area contributed by atoms with Crippen LogP contribution in [-0.4, -0.2) is 29.1 Å². The van der Waals surface area contributed by atoms with E-state index in [1.807, 2.05) is 6.92 Å². The van der Waals surface area contributed by atoms with Crippen molar-refractivity contribution in [1.29, 1.82) is 0 Å². The summed E-state index contributed by atoms with van der Waals surface area (Å²) in [4.78, 5) is 24.4. The van der Waals surface area contributed by atoms with Crippen molar-refractivity contribution in [2.75, 3.05) is 12.4 Å². The maximum atomic E-state index is 11.6. The fourth-order valence-corrected chi connectivity index (χ4v) is 2.14. The Morgan fingerprint density at radius 2 is 2.13 bits per heavy atom. The molecular weight excluding hydrogens is 214 g/mol. The van der Waals surface area contributed by atoms with Gasteiger partial charge in [-0.3, -0.25) is 14.5 Å². The fraction of sp³-hybridized carbons (Fsp3) is 0.818. The van der Waals surface area contributed by atoms with Crippen LogP contribution in [0, 0.1) is 11.8 Å². The molecule has 0 aliphatic carbocycles. The normalized spacial score (nSPS) is 23.7. The first-order valence-electron chi connectivity index (χ1n) is 5.46. The van der Waals surface area contributed by atoms with E-state index in [1.165, 1.54) is 4.90 Å². The minimum atomic E-state index is -0.124. The number of carbonyl (C=O) groups excluding carboxylic acids is 2. The Bertz CT molecular complexity index is 255. The first-order chi connectivity index (χ1) is 7.06. The summed E-state index contributed by atoms with van der Waals surface area (Å²) in [7, 11) is 0. The Balaban J connectivity index is 2.38. The second-order valence-electron chi connectivity index (χ2n) is 4.36.